The van der Waals surface area contributed by atoms with Crippen molar-refractivity contribution >= 4 is 17.8 Å². The van der Waals surface area contributed by atoms with Crippen molar-refractivity contribution in [2.75, 3.05) is 6.61 Å². The number of phenolic OH excluding ortho intramolecular Hbond substituents is 3. The average Bonchev–Trinajstić information content (AvgIpc) is 2.62. The summed E-state index contributed by atoms with van der Waals surface area (Å²) in [6, 6.07) is 1.23. The second-order valence-electron chi connectivity index (χ2n) is 5.68. The molecule has 0 aliphatic heterocycles. The Morgan fingerprint density at radius 2 is 1.62 bits per heavy atom. The van der Waals surface area contributed by atoms with E-state index in [1.165, 1.54) is 0 Å². The van der Waals surface area contributed by atoms with Crippen LogP contribution in [-0.2, 0) is 14.3 Å². The summed E-state index contributed by atoms with van der Waals surface area (Å²) >= 11 is 0. The molecule has 29 heavy (non-hydrogen) atoms. The molecular weight excluding hydrogens is 409 g/mol. The number of aliphatic hydroxyl groups is 5. The van der Waals surface area contributed by atoms with Gasteiger partial charge in [0.2, 0.25) is 17.7 Å². The summed E-state index contributed by atoms with van der Waals surface area (Å²) in [6.07, 6.45) is -7.42. The van der Waals surface area contributed by atoms with E-state index in [1.54, 1.807) is 5.32 Å². The van der Waals surface area contributed by atoms with Gasteiger partial charge in [-0.3, -0.25) is 4.79 Å². The Balaban J connectivity index is 0. The molecule has 158 valence electrons. The number of phenols is 3. The molecule has 0 saturated carbocycles. The van der Waals surface area contributed by atoms with Crippen LogP contribution in [0.15, 0.2) is 12.1 Å². The smallest absolute Gasteiger partial charge is 1.00 e. The van der Waals surface area contributed by atoms with E-state index < -0.39 is 71.3 Å². The maximum Gasteiger partial charge on any atom is 1.00 e. The summed E-state index contributed by atoms with van der Waals surface area (Å²) in [5.74, 6) is -7.36. The zero-order chi connectivity index (χ0) is 21.8. The summed E-state index contributed by atoms with van der Waals surface area (Å²) in [4.78, 5) is 35.1. The van der Waals surface area contributed by atoms with Gasteiger partial charge in [0.25, 0.3) is 0 Å². The Morgan fingerprint density at radius 3 is 2.03 bits per heavy atom. The van der Waals surface area contributed by atoms with Crippen LogP contribution in [0.3, 0.4) is 0 Å². The largest absolute Gasteiger partial charge is 1.00 e. The second kappa shape index (κ2) is 10.7. The molecule has 0 fully saturated rings. The maximum absolute atomic E-state index is 12.0. The first-order valence-electron chi connectivity index (χ1n) is 7.52. The normalized spacial score (nSPS) is 15.8. The van der Waals surface area contributed by atoms with Crippen molar-refractivity contribution in [3.05, 3.63) is 17.7 Å². The molecule has 0 radical (unpaired) electrons. The Kier molecular flexibility index (Phi) is 9.98. The number of ether oxygens (including phenoxy) is 1. The van der Waals surface area contributed by atoms with Crippen LogP contribution in [0, 0.1) is 0 Å². The number of carbonyl (C=O) groups is 3. The summed E-state index contributed by atoms with van der Waals surface area (Å²) in [5, 5.41) is 77.8. The van der Waals surface area contributed by atoms with Crippen LogP contribution in [0.5, 0.6) is 17.2 Å². The molecule has 0 aliphatic rings. The third kappa shape index (κ3) is 6.25. The molecule has 0 spiro atoms. The molecule has 0 unspecified atom stereocenters. The van der Waals surface area contributed by atoms with Crippen molar-refractivity contribution < 1.29 is 91.0 Å². The van der Waals surface area contributed by atoms with Crippen molar-refractivity contribution in [2.45, 2.75) is 31.0 Å². The number of hydrogen-bond donors (Lipinski definition) is 9. The van der Waals surface area contributed by atoms with Crippen molar-refractivity contribution in [1.29, 1.82) is 0 Å². The van der Waals surface area contributed by atoms with Crippen LogP contribution in [0.2, 0.25) is 0 Å². The molecule has 0 bridgehead atoms. The Hall–Kier alpha value is -1.97. The quantitative estimate of drug-likeness (QED) is 0.0647. The van der Waals surface area contributed by atoms with Gasteiger partial charge in [0.15, 0.2) is 17.2 Å². The van der Waals surface area contributed by atoms with Gasteiger partial charge in [-0.1, -0.05) is 0 Å². The van der Waals surface area contributed by atoms with E-state index in [0.717, 1.165) is 6.92 Å². The van der Waals surface area contributed by atoms with Gasteiger partial charge in [-0.2, -0.15) is 0 Å². The topological polar surface area (TPSA) is 234 Å². The Labute approximate surface area is 186 Å². The molecular formula is C15H20NNaO12. The van der Waals surface area contributed by atoms with Crippen LogP contribution in [0.1, 0.15) is 18.7 Å². The molecule has 4 atom stereocenters. The van der Waals surface area contributed by atoms with E-state index in [9.17, 15) is 50.1 Å². The van der Waals surface area contributed by atoms with E-state index in [1.807, 2.05) is 0 Å². The monoisotopic (exact) mass is 429 g/mol. The van der Waals surface area contributed by atoms with E-state index >= 15 is 0 Å². The fourth-order valence-electron chi connectivity index (χ4n) is 2.09. The van der Waals surface area contributed by atoms with Crippen LogP contribution >= 0.6 is 0 Å². The third-order valence-corrected chi connectivity index (χ3v) is 3.52. The molecule has 0 aliphatic carbocycles. The van der Waals surface area contributed by atoms with Crippen LogP contribution in [0.4, 0.5) is 0 Å². The molecule has 13 nitrogen and oxygen atoms in total. The number of aliphatic hydroxyl groups excluding tert-OH is 4. The standard InChI is InChI=1S/C15H19NO12.Na.H/c1-5(18)16-15(27,11(23)9(21)4-17)12(24)14(26)28-13(25)6-2-7(19)10(22)8(20)3-6;;/h2-3,9,11-12,17,19-24,27H,4H2,1H3,(H,16,18);;/q;+1;-1/t9-,11-,12+,15+;;/m1../s1. The fourth-order valence-corrected chi connectivity index (χ4v) is 2.09. The van der Waals surface area contributed by atoms with Crippen molar-refractivity contribution in [1.82, 2.24) is 5.32 Å². The van der Waals surface area contributed by atoms with Crippen molar-refractivity contribution in [3.63, 3.8) is 0 Å². The first-order chi connectivity index (χ1) is 12.8. The van der Waals surface area contributed by atoms with Gasteiger partial charge in [0.1, 0.15) is 12.2 Å². The number of aromatic hydroxyl groups is 3. The predicted octanol–water partition coefficient (Wildman–Crippen LogP) is -6.50. The fraction of sp³-hybridized carbons (Fsp3) is 0.400. The molecule has 1 amide bonds. The van der Waals surface area contributed by atoms with Crippen molar-refractivity contribution in [3.8, 4) is 17.2 Å². The number of esters is 2. The number of hydrogen-bond acceptors (Lipinski definition) is 12. The number of carbonyl (C=O) groups excluding carboxylic acids is 3. The van der Waals surface area contributed by atoms with Crippen LogP contribution in [-0.4, -0.2) is 89.3 Å². The summed E-state index contributed by atoms with van der Waals surface area (Å²) < 4.78 is 4.24. The average molecular weight is 429 g/mol. The number of benzene rings is 1. The van der Waals surface area contributed by atoms with Gasteiger partial charge in [-0.15, -0.1) is 0 Å². The first kappa shape index (κ1) is 27.0. The molecule has 1 aromatic carbocycles. The molecule has 9 N–H and O–H groups in total. The van der Waals surface area contributed by atoms with Gasteiger partial charge < -0.3 is 52.3 Å². The van der Waals surface area contributed by atoms with E-state index in [0.29, 0.717) is 12.1 Å². The van der Waals surface area contributed by atoms with Gasteiger partial charge >= 0.3 is 41.5 Å². The number of nitrogens with one attached hydrogen (secondary N) is 1. The van der Waals surface area contributed by atoms with Gasteiger partial charge in [0, 0.05) is 6.92 Å². The second-order valence-corrected chi connectivity index (χ2v) is 5.68. The zero-order valence-corrected chi connectivity index (χ0v) is 17.3. The van der Waals surface area contributed by atoms with Crippen molar-refractivity contribution in [2.24, 2.45) is 0 Å². The molecule has 1 aromatic rings. The SMILES string of the molecule is CC(=O)N[C@](O)([C@H](O)[C@H](O)CO)[C@@H](O)C(=O)OC(=O)c1cc(O)c(O)c(O)c1.[H-].[Na+]. The number of amides is 1. The maximum atomic E-state index is 12.0. The summed E-state index contributed by atoms with van der Waals surface area (Å²) in [5.41, 5.74) is -3.91. The molecule has 0 heterocycles. The van der Waals surface area contributed by atoms with Crippen LogP contribution < -0.4 is 34.9 Å². The van der Waals surface area contributed by atoms with Gasteiger partial charge in [0.05, 0.1) is 12.2 Å². The Morgan fingerprint density at radius 1 is 1.14 bits per heavy atom. The minimum Gasteiger partial charge on any atom is -1.00 e. The molecule has 0 aromatic heterocycles. The van der Waals surface area contributed by atoms with E-state index in [-0.39, 0.29) is 31.0 Å². The Bertz CT molecular complexity index is 755. The molecule has 14 heteroatoms. The zero-order valence-electron chi connectivity index (χ0n) is 16.3. The van der Waals surface area contributed by atoms with E-state index in [4.69, 9.17) is 5.11 Å². The van der Waals surface area contributed by atoms with Gasteiger partial charge in [-0.25, -0.2) is 9.59 Å². The molecule has 1 rings (SSSR count). The third-order valence-electron chi connectivity index (χ3n) is 3.52. The number of rotatable bonds is 7. The van der Waals surface area contributed by atoms with Gasteiger partial charge in [-0.05, 0) is 12.1 Å². The summed E-state index contributed by atoms with van der Waals surface area (Å²) in [7, 11) is 0. The predicted molar refractivity (Wildman–Crippen MR) is 86.8 cm³/mol. The minimum absolute atomic E-state index is 0. The van der Waals surface area contributed by atoms with E-state index in [2.05, 4.69) is 4.74 Å². The molecule has 0 saturated heterocycles. The first-order valence-corrected chi connectivity index (χ1v) is 7.52. The van der Waals surface area contributed by atoms with Crippen LogP contribution in [0.25, 0.3) is 0 Å². The summed E-state index contributed by atoms with van der Waals surface area (Å²) in [6.45, 7) is -0.302. The minimum atomic E-state index is -3.26.